The third-order valence-corrected chi connectivity index (χ3v) is 4.15. The fourth-order valence-electron chi connectivity index (χ4n) is 2.76. The maximum absolute atomic E-state index is 10.6. The summed E-state index contributed by atoms with van der Waals surface area (Å²) in [6, 6.07) is 0. The van der Waals surface area contributed by atoms with Gasteiger partial charge in [-0.3, -0.25) is 0 Å². The summed E-state index contributed by atoms with van der Waals surface area (Å²) in [5.41, 5.74) is 0.0171. The van der Waals surface area contributed by atoms with Crippen molar-refractivity contribution >= 4 is 5.97 Å². The normalized spacial score (nSPS) is 32.7. The van der Waals surface area contributed by atoms with E-state index >= 15 is 0 Å². The average molecular weight is 228 g/mol. The summed E-state index contributed by atoms with van der Waals surface area (Å²) >= 11 is 0. The van der Waals surface area contributed by atoms with Gasteiger partial charge < -0.3 is 10.2 Å². The number of aliphatic carboxylic acids is 1. The molecule has 0 aromatic carbocycles. The molecule has 0 bridgehead atoms. The van der Waals surface area contributed by atoms with Gasteiger partial charge in [0.1, 0.15) is 0 Å². The molecule has 1 aliphatic rings. The molecule has 3 heteroatoms. The topological polar surface area (TPSA) is 57.5 Å². The second-order valence-electron chi connectivity index (χ2n) is 5.95. The highest BCUT2D eigenvalue weighted by molar-refractivity contribution is 5.71. The molecular formula is C13H24O3. The van der Waals surface area contributed by atoms with Crippen molar-refractivity contribution < 1.29 is 15.0 Å². The number of carboxylic acid groups (broad SMARTS) is 1. The first kappa shape index (κ1) is 13.5. The van der Waals surface area contributed by atoms with E-state index in [0.29, 0.717) is 12.3 Å². The van der Waals surface area contributed by atoms with Crippen LogP contribution in [-0.4, -0.2) is 22.3 Å². The molecule has 1 fully saturated rings. The van der Waals surface area contributed by atoms with Crippen LogP contribution in [-0.2, 0) is 4.79 Å². The Hall–Kier alpha value is -0.570. The molecule has 0 aromatic heterocycles. The van der Waals surface area contributed by atoms with Crippen molar-refractivity contribution in [2.45, 2.75) is 59.0 Å². The van der Waals surface area contributed by atoms with Gasteiger partial charge in [-0.05, 0) is 49.4 Å². The van der Waals surface area contributed by atoms with Gasteiger partial charge in [0.15, 0.2) is 6.10 Å². The van der Waals surface area contributed by atoms with Crippen LogP contribution in [0.5, 0.6) is 0 Å². The van der Waals surface area contributed by atoms with Crippen molar-refractivity contribution in [2.24, 2.45) is 17.3 Å². The Morgan fingerprint density at radius 3 is 2.25 bits per heavy atom. The van der Waals surface area contributed by atoms with Gasteiger partial charge in [-0.15, -0.1) is 0 Å². The zero-order valence-electron chi connectivity index (χ0n) is 10.6. The largest absolute Gasteiger partial charge is 0.479 e. The van der Waals surface area contributed by atoms with E-state index in [4.69, 9.17) is 5.11 Å². The molecule has 0 aliphatic heterocycles. The number of carbonyl (C=O) groups is 1. The molecule has 3 nitrogen and oxygen atoms in total. The molecule has 0 saturated heterocycles. The minimum Gasteiger partial charge on any atom is -0.479 e. The Kier molecular flexibility index (Phi) is 4.36. The highest BCUT2D eigenvalue weighted by atomic mass is 16.4. The Bertz CT molecular complexity index is 240. The number of hydrogen-bond donors (Lipinski definition) is 2. The Morgan fingerprint density at radius 1 is 1.38 bits per heavy atom. The summed E-state index contributed by atoms with van der Waals surface area (Å²) in [6.45, 7) is 6.61. The highest BCUT2D eigenvalue weighted by Gasteiger charge is 2.35. The van der Waals surface area contributed by atoms with Crippen LogP contribution < -0.4 is 0 Å². The first-order valence-electron chi connectivity index (χ1n) is 6.25. The summed E-state index contributed by atoms with van der Waals surface area (Å²) in [5.74, 6) is 0.399. The van der Waals surface area contributed by atoms with E-state index in [2.05, 4.69) is 20.8 Å². The maximum Gasteiger partial charge on any atom is 0.332 e. The van der Waals surface area contributed by atoms with Crippen molar-refractivity contribution in [1.82, 2.24) is 0 Å². The van der Waals surface area contributed by atoms with Crippen LogP contribution in [0.15, 0.2) is 0 Å². The zero-order valence-corrected chi connectivity index (χ0v) is 10.6. The monoisotopic (exact) mass is 228 g/mol. The summed E-state index contributed by atoms with van der Waals surface area (Å²) < 4.78 is 0. The Balaban J connectivity index is 2.47. The highest BCUT2D eigenvalue weighted by Crippen LogP contribution is 2.43. The van der Waals surface area contributed by atoms with Gasteiger partial charge in [0.2, 0.25) is 0 Å². The lowest BCUT2D eigenvalue weighted by Crippen LogP contribution is -2.33. The Labute approximate surface area is 97.9 Å². The van der Waals surface area contributed by atoms with Gasteiger partial charge in [-0.1, -0.05) is 20.8 Å². The van der Waals surface area contributed by atoms with E-state index in [1.54, 1.807) is 0 Å². The van der Waals surface area contributed by atoms with Gasteiger partial charge >= 0.3 is 5.97 Å². The van der Waals surface area contributed by atoms with Crippen molar-refractivity contribution in [1.29, 1.82) is 0 Å². The van der Waals surface area contributed by atoms with Gasteiger partial charge in [0, 0.05) is 0 Å². The molecule has 0 spiro atoms. The molecule has 1 rings (SSSR count). The average Bonchev–Trinajstić information content (AvgIpc) is 2.17. The van der Waals surface area contributed by atoms with Crippen molar-refractivity contribution in [3.8, 4) is 0 Å². The van der Waals surface area contributed by atoms with E-state index < -0.39 is 12.1 Å². The molecule has 2 N–H and O–H groups in total. The number of hydrogen-bond acceptors (Lipinski definition) is 2. The molecule has 0 radical (unpaired) electrons. The lowest BCUT2D eigenvalue weighted by atomic mass is 9.67. The minimum absolute atomic E-state index is 0.0171. The first-order valence-corrected chi connectivity index (χ1v) is 6.25. The second kappa shape index (κ2) is 5.17. The van der Waals surface area contributed by atoms with Gasteiger partial charge in [0.05, 0.1) is 0 Å². The van der Waals surface area contributed by atoms with Crippen LogP contribution in [0.1, 0.15) is 52.9 Å². The lowest BCUT2D eigenvalue weighted by molar-refractivity contribution is -0.148. The molecule has 1 saturated carbocycles. The molecular weight excluding hydrogens is 204 g/mol. The molecule has 1 unspecified atom stereocenters. The summed E-state index contributed by atoms with van der Waals surface area (Å²) in [6.07, 6.45) is 3.62. The fraction of sp³-hybridized carbons (Fsp3) is 0.923. The third kappa shape index (κ3) is 3.48. The summed E-state index contributed by atoms with van der Waals surface area (Å²) in [5, 5.41) is 18.1. The number of aliphatic hydroxyl groups excluding tert-OH is 1. The molecule has 1 atom stereocenters. The van der Waals surface area contributed by atoms with Crippen LogP contribution in [0.25, 0.3) is 0 Å². The van der Waals surface area contributed by atoms with E-state index in [0.717, 1.165) is 18.8 Å². The predicted molar refractivity (Wildman–Crippen MR) is 63.2 cm³/mol. The third-order valence-electron chi connectivity index (χ3n) is 4.15. The quantitative estimate of drug-likeness (QED) is 0.777. The van der Waals surface area contributed by atoms with Crippen LogP contribution in [0, 0.1) is 17.3 Å². The molecule has 0 aromatic rings. The van der Waals surface area contributed by atoms with E-state index in [1.165, 1.54) is 12.8 Å². The van der Waals surface area contributed by atoms with Crippen molar-refractivity contribution in [3.05, 3.63) is 0 Å². The maximum atomic E-state index is 10.6. The number of aliphatic hydroxyl groups is 1. The fourth-order valence-corrected chi connectivity index (χ4v) is 2.76. The molecule has 1 aliphatic carbocycles. The Morgan fingerprint density at radius 2 is 1.88 bits per heavy atom. The van der Waals surface area contributed by atoms with Gasteiger partial charge in [0.25, 0.3) is 0 Å². The molecule has 16 heavy (non-hydrogen) atoms. The summed E-state index contributed by atoms with van der Waals surface area (Å²) in [4.78, 5) is 10.6. The second-order valence-corrected chi connectivity index (χ2v) is 5.95. The van der Waals surface area contributed by atoms with Crippen LogP contribution in [0.3, 0.4) is 0 Å². The van der Waals surface area contributed by atoms with Crippen molar-refractivity contribution in [3.63, 3.8) is 0 Å². The molecule has 94 valence electrons. The summed E-state index contributed by atoms with van der Waals surface area (Å²) in [7, 11) is 0. The van der Waals surface area contributed by atoms with Gasteiger partial charge in [-0.25, -0.2) is 4.79 Å². The smallest absolute Gasteiger partial charge is 0.332 e. The minimum atomic E-state index is -1.19. The van der Waals surface area contributed by atoms with Crippen LogP contribution in [0.2, 0.25) is 0 Å². The number of rotatable bonds is 4. The number of carboxylic acids is 1. The SMILES string of the molecule is CC(C)C1CCC(C)(CC(O)C(=O)O)CC1. The van der Waals surface area contributed by atoms with E-state index in [-0.39, 0.29) is 5.41 Å². The van der Waals surface area contributed by atoms with Crippen LogP contribution >= 0.6 is 0 Å². The standard InChI is InChI=1S/C13H24O3/c1-9(2)10-4-6-13(3,7-5-10)8-11(14)12(15)16/h9-11,14H,4-8H2,1-3H3,(H,15,16). The van der Waals surface area contributed by atoms with Crippen molar-refractivity contribution in [2.75, 3.05) is 0 Å². The molecule has 0 amide bonds. The van der Waals surface area contributed by atoms with E-state index in [1.807, 2.05) is 0 Å². The first-order chi connectivity index (χ1) is 7.34. The lowest BCUT2D eigenvalue weighted by Gasteiger charge is -2.39. The predicted octanol–water partition coefficient (Wildman–Crippen LogP) is 2.67. The van der Waals surface area contributed by atoms with E-state index in [9.17, 15) is 9.90 Å². The zero-order chi connectivity index (χ0) is 12.3. The molecule has 0 heterocycles. The van der Waals surface area contributed by atoms with Gasteiger partial charge in [-0.2, -0.15) is 0 Å². The van der Waals surface area contributed by atoms with Crippen LogP contribution in [0.4, 0.5) is 0 Å².